The number of rotatable bonds is 6. The van der Waals surface area contributed by atoms with E-state index < -0.39 is 17.9 Å². The van der Waals surface area contributed by atoms with Crippen LogP contribution in [0.25, 0.3) is 0 Å². The lowest BCUT2D eigenvalue weighted by atomic mass is 10.0. The van der Waals surface area contributed by atoms with E-state index >= 15 is 0 Å². The molecule has 0 bridgehead atoms. The van der Waals surface area contributed by atoms with Crippen molar-refractivity contribution in [2.45, 2.75) is 24.9 Å². The lowest BCUT2D eigenvalue weighted by molar-refractivity contribution is -0.156. The summed E-state index contributed by atoms with van der Waals surface area (Å²) in [6.45, 7) is 3.59. The van der Waals surface area contributed by atoms with Gasteiger partial charge in [-0.2, -0.15) is 0 Å². The van der Waals surface area contributed by atoms with Crippen LogP contribution in [0.1, 0.15) is 25.3 Å². The molecule has 0 spiro atoms. The van der Waals surface area contributed by atoms with E-state index in [-0.39, 0.29) is 23.9 Å². The Balaban J connectivity index is 3.16. The lowest BCUT2D eigenvalue weighted by Gasteiger charge is -2.15. The molecule has 6 nitrogen and oxygen atoms in total. The Labute approximate surface area is 126 Å². The number of aromatic nitrogens is 2. The Hall–Kier alpha value is -1.34. The van der Waals surface area contributed by atoms with Gasteiger partial charge in [-0.05, 0) is 20.1 Å². The molecule has 1 rings (SSSR count). The molecule has 1 aromatic rings. The second-order valence-corrected chi connectivity index (χ2v) is 4.67. The molecule has 0 N–H and O–H groups in total. The van der Waals surface area contributed by atoms with Crippen LogP contribution in [0.4, 0.5) is 0 Å². The zero-order chi connectivity index (χ0) is 15.1. The van der Waals surface area contributed by atoms with E-state index in [9.17, 15) is 9.59 Å². The maximum Gasteiger partial charge on any atom is 0.325 e. The third-order valence-corrected chi connectivity index (χ3v) is 3.15. The van der Waals surface area contributed by atoms with Crippen molar-refractivity contribution in [2.24, 2.45) is 0 Å². The fourth-order valence-corrected chi connectivity index (χ4v) is 2.08. The molecule has 20 heavy (non-hydrogen) atoms. The Morgan fingerprint density at radius 3 is 2.25 bits per heavy atom. The number of nitrogens with zero attached hydrogens (tertiary/aromatic N) is 2. The van der Waals surface area contributed by atoms with Crippen LogP contribution in [0.2, 0.25) is 5.15 Å². The molecule has 110 valence electrons. The number of esters is 2. The number of hydrogen-bond donors (Lipinski definition) is 0. The van der Waals surface area contributed by atoms with E-state index in [1.54, 1.807) is 20.1 Å². The molecule has 0 aliphatic carbocycles. The summed E-state index contributed by atoms with van der Waals surface area (Å²) in [6, 6.07) is 0. The van der Waals surface area contributed by atoms with Crippen LogP contribution in [-0.4, -0.2) is 41.4 Å². The van der Waals surface area contributed by atoms with Crippen LogP contribution in [0.15, 0.2) is 11.4 Å². The molecule has 8 heteroatoms. The molecule has 0 amide bonds. The molecule has 0 fully saturated rings. The molecule has 1 aromatic heterocycles. The predicted molar refractivity (Wildman–Crippen MR) is 74.8 cm³/mol. The summed E-state index contributed by atoms with van der Waals surface area (Å²) in [7, 11) is 0. The van der Waals surface area contributed by atoms with Gasteiger partial charge in [-0.3, -0.25) is 9.59 Å². The summed E-state index contributed by atoms with van der Waals surface area (Å²) in [5, 5.41) is 0.487. The second kappa shape index (κ2) is 8.06. The molecule has 0 saturated carbocycles. The first kappa shape index (κ1) is 16.7. The van der Waals surface area contributed by atoms with E-state index in [0.717, 1.165) is 0 Å². The average Bonchev–Trinajstić information content (AvgIpc) is 2.41. The maximum absolute atomic E-state index is 11.9. The van der Waals surface area contributed by atoms with Gasteiger partial charge in [0.15, 0.2) is 11.1 Å². The highest BCUT2D eigenvalue weighted by Gasteiger charge is 2.34. The normalized spacial score (nSPS) is 10.4. The highest BCUT2D eigenvalue weighted by atomic mass is 35.5. The number of halogens is 1. The molecule has 1 heterocycles. The highest BCUT2D eigenvalue weighted by Crippen LogP contribution is 2.26. The minimum Gasteiger partial charge on any atom is -0.465 e. The van der Waals surface area contributed by atoms with E-state index in [4.69, 9.17) is 21.1 Å². The largest absolute Gasteiger partial charge is 0.465 e. The van der Waals surface area contributed by atoms with Crippen molar-refractivity contribution in [1.82, 2.24) is 9.97 Å². The van der Waals surface area contributed by atoms with Gasteiger partial charge < -0.3 is 9.47 Å². The zero-order valence-corrected chi connectivity index (χ0v) is 13.0. The number of carbonyl (C=O) groups excluding carboxylic acids is 2. The number of ether oxygens (including phenoxy) is 2. The first-order valence-electron chi connectivity index (χ1n) is 5.94. The van der Waals surface area contributed by atoms with Crippen molar-refractivity contribution in [3.05, 3.63) is 16.9 Å². The summed E-state index contributed by atoms with van der Waals surface area (Å²) in [5.74, 6) is -2.72. The van der Waals surface area contributed by atoms with Gasteiger partial charge in [0.1, 0.15) is 5.15 Å². The zero-order valence-electron chi connectivity index (χ0n) is 11.4. The van der Waals surface area contributed by atoms with Crippen LogP contribution in [0.5, 0.6) is 0 Å². The average molecular weight is 319 g/mol. The standard InChI is InChI=1S/C12H15ClN2O4S/c1-4-18-10(16)8(11(17)19-5-2)7-6-14-12(20-3)15-9(7)13/h6,8H,4-5H2,1-3H3. The van der Waals surface area contributed by atoms with Gasteiger partial charge in [-0.1, -0.05) is 23.4 Å². The smallest absolute Gasteiger partial charge is 0.325 e. The van der Waals surface area contributed by atoms with E-state index in [1.165, 1.54) is 18.0 Å². The summed E-state index contributed by atoms with van der Waals surface area (Å²) < 4.78 is 9.76. The number of carbonyl (C=O) groups is 2. The Kier molecular flexibility index (Phi) is 6.74. The van der Waals surface area contributed by atoms with E-state index in [1.807, 2.05) is 0 Å². The maximum atomic E-state index is 11.9. The minimum atomic E-state index is -1.27. The van der Waals surface area contributed by atoms with Gasteiger partial charge in [-0.25, -0.2) is 9.97 Å². The number of hydrogen-bond acceptors (Lipinski definition) is 7. The first-order chi connectivity index (χ1) is 9.54. The monoisotopic (exact) mass is 318 g/mol. The van der Waals surface area contributed by atoms with Gasteiger partial charge >= 0.3 is 11.9 Å². The van der Waals surface area contributed by atoms with E-state index in [2.05, 4.69) is 9.97 Å². The molecule has 0 unspecified atom stereocenters. The fraction of sp³-hybridized carbons (Fsp3) is 0.500. The molecule has 0 aliphatic rings. The SMILES string of the molecule is CCOC(=O)C(C(=O)OCC)c1cnc(SC)nc1Cl. The highest BCUT2D eigenvalue weighted by molar-refractivity contribution is 7.98. The first-order valence-corrected chi connectivity index (χ1v) is 7.55. The summed E-state index contributed by atoms with van der Waals surface area (Å²) in [6.07, 6.45) is 3.14. The number of thioether (sulfide) groups is 1. The second-order valence-electron chi connectivity index (χ2n) is 3.54. The van der Waals surface area contributed by atoms with Gasteiger partial charge in [0.05, 0.1) is 13.2 Å². The lowest BCUT2D eigenvalue weighted by Crippen LogP contribution is -2.27. The Bertz CT molecular complexity index is 480. The quantitative estimate of drug-likeness (QED) is 0.261. The van der Waals surface area contributed by atoms with Crippen LogP contribution >= 0.6 is 23.4 Å². The molecule has 0 saturated heterocycles. The predicted octanol–water partition coefficient (Wildman–Crippen LogP) is 2.06. The molecular weight excluding hydrogens is 304 g/mol. The topological polar surface area (TPSA) is 78.4 Å². The van der Waals surface area contributed by atoms with Crippen LogP contribution in [-0.2, 0) is 19.1 Å². The summed E-state index contributed by atoms with van der Waals surface area (Å²) in [5.41, 5.74) is 0.182. The Morgan fingerprint density at radius 2 is 1.85 bits per heavy atom. The third kappa shape index (κ3) is 4.08. The minimum absolute atomic E-state index is 0.0375. The van der Waals surface area contributed by atoms with E-state index in [0.29, 0.717) is 5.16 Å². The van der Waals surface area contributed by atoms with Crippen molar-refractivity contribution in [3.63, 3.8) is 0 Å². The molecule has 0 aliphatic heterocycles. The van der Waals surface area contributed by atoms with Crippen molar-refractivity contribution < 1.29 is 19.1 Å². The van der Waals surface area contributed by atoms with Crippen LogP contribution < -0.4 is 0 Å². The van der Waals surface area contributed by atoms with Gasteiger partial charge in [0.25, 0.3) is 0 Å². The van der Waals surface area contributed by atoms with Crippen molar-refractivity contribution in [2.75, 3.05) is 19.5 Å². The van der Waals surface area contributed by atoms with Crippen molar-refractivity contribution in [3.8, 4) is 0 Å². The van der Waals surface area contributed by atoms with Gasteiger partial charge in [0.2, 0.25) is 0 Å². The molecule has 0 radical (unpaired) electrons. The fourth-order valence-electron chi connectivity index (χ4n) is 1.45. The van der Waals surface area contributed by atoms with Gasteiger partial charge in [0, 0.05) is 11.8 Å². The third-order valence-electron chi connectivity index (χ3n) is 2.28. The van der Waals surface area contributed by atoms with Gasteiger partial charge in [-0.15, -0.1) is 0 Å². The molecule has 0 aromatic carbocycles. The summed E-state index contributed by atoms with van der Waals surface area (Å²) >= 11 is 7.31. The Morgan fingerprint density at radius 1 is 1.30 bits per heavy atom. The molecule has 0 atom stereocenters. The van der Waals surface area contributed by atoms with Crippen molar-refractivity contribution >= 4 is 35.3 Å². The van der Waals surface area contributed by atoms with Crippen LogP contribution in [0.3, 0.4) is 0 Å². The van der Waals surface area contributed by atoms with Crippen molar-refractivity contribution in [1.29, 1.82) is 0 Å². The summed E-state index contributed by atoms with van der Waals surface area (Å²) in [4.78, 5) is 31.9. The molecular formula is C12H15ClN2O4S. The van der Waals surface area contributed by atoms with Crippen LogP contribution in [0, 0.1) is 0 Å².